The molecule has 1 unspecified atom stereocenters. The van der Waals surface area contributed by atoms with Crippen molar-refractivity contribution in [2.75, 3.05) is 11.4 Å². The minimum atomic E-state index is -0.458. The monoisotopic (exact) mass is 319 g/mol. The lowest BCUT2D eigenvalue weighted by Crippen LogP contribution is -2.59. The maximum absolute atomic E-state index is 6.73. The summed E-state index contributed by atoms with van der Waals surface area (Å²) in [7, 11) is 0. The van der Waals surface area contributed by atoms with Gasteiger partial charge in [-0.15, -0.1) is 0 Å². The summed E-state index contributed by atoms with van der Waals surface area (Å²) in [4.78, 5) is 2.47. The summed E-state index contributed by atoms with van der Waals surface area (Å²) in [5, 5.41) is 0. The summed E-state index contributed by atoms with van der Waals surface area (Å²) in [5.74, 6) is 0.974. The topological polar surface area (TPSA) is 12.5 Å². The quantitative estimate of drug-likeness (QED) is 0.752. The van der Waals surface area contributed by atoms with Gasteiger partial charge in [-0.05, 0) is 50.1 Å². The lowest BCUT2D eigenvalue weighted by atomic mass is 9.76. The van der Waals surface area contributed by atoms with Crippen LogP contribution in [0.15, 0.2) is 54.6 Å². The Morgan fingerprint density at radius 1 is 1.00 bits per heavy atom. The van der Waals surface area contributed by atoms with Gasteiger partial charge in [-0.25, -0.2) is 0 Å². The van der Waals surface area contributed by atoms with Crippen LogP contribution in [-0.2, 0) is 5.41 Å². The smallest absolute Gasteiger partial charge is 0.212 e. The van der Waals surface area contributed by atoms with E-state index in [9.17, 15) is 0 Å². The maximum atomic E-state index is 6.73. The second-order valence-electron chi connectivity index (χ2n) is 7.32. The first-order valence-corrected chi connectivity index (χ1v) is 8.94. The Balaban J connectivity index is 1.87. The van der Waals surface area contributed by atoms with Crippen LogP contribution < -0.4 is 9.64 Å². The molecule has 1 atom stereocenters. The molecule has 4 rings (SSSR count). The van der Waals surface area contributed by atoms with Crippen LogP contribution in [0.3, 0.4) is 0 Å². The van der Waals surface area contributed by atoms with Crippen molar-refractivity contribution in [3.05, 3.63) is 65.7 Å². The SMILES string of the molecule is CCCCN1c2ccccc2C(C)(C)C12C=Cc1ccccc1O2. The normalized spacial score (nSPS) is 23.0. The molecule has 0 radical (unpaired) electrons. The van der Waals surface area contributed by atoms with Gasteiger partial charge in [0.05, 0.1) is 5.41 Å². The molecule has 0 bridgehead atoms. The van der Waals surface area contributed by atoms with Crippen molar-refractivity contribution in [3.8, 4) is 5.75 Å². The van der Waals surface area contributed by atoms with Crippen LogP contribution in [-0.4, -0.2) is 12.3 Å². The Hall–Kier alpha value is -2.22. The van der Waals surface area contributed by atoms with E-state index in [0.717, 1.165) is 24.3 Å². The number of hydrogen-bond donors (Lipinski definition) is 0. The Morgan fingerprint density at radius 3 is 2.58 bits per heavy atom. The third kappa shape index (κ3) is 1.95. The third-order valence-corrected chi connectivity index (χ3v) is 5.57. The second kappa shape index (κ2) is 5.41. The Kier molecular flexibility index (Phi) is 3.45. The molecule has 2 aliphatic rings. The molecule has 0 aromatic heterocycles. The standard InChI is InChI=1S/C22H25NO/c1-4-5-16-23-19-12-8-7-11-18(19)21(2,3)22(23)15-14-17-10-6-9-13-20(17)24-22/h6-15H,4-5,16H2,1-3H3. The average molecular weight is 319 g/mol. The van der Waals surface area contributed by atoms with E-state index in [1.807, 2.05) is 0 Å². The Bertz CT molecular complexity index is 792. The molecular weight excluding hydrogens is 294 g/mol. The van der Waals surface area contributed by atoms with Gasteiger partial charge in [-0.2, -0.15) is 0 Å². The first kappa shape index (κ1) is 15.3. The van der Waals surface area contributed by atoms with E-state index in [0.29, 0.717) is 0 Å². The predicted molar refractivity (Wildman–Crippen MR) is 101 cm³/mol. The number of para-hydroxylation sites is 2. The molecule has 2 heterocycles. The molecule has 124 valence electrons. The summed E-state index contributed by atoms with van der Waals surface area (Å²) in [6.45, 7) is 7.85. The van der Waals surface area contributed by atoms with Crippen molar-refractivity contribution < 1.29 is 4.74 Å². The summed E-state index contributed by atoms with van der Waals surface area (Å²) in [5.41, 5.74) is 3.25. The maximum Gasteiger partial charge on any atom is 0.212 e. The summed E-state index contributed by atoms with van der Waals surface area (Å²) >= 11 is 0. The molecule has 2 heteroatoms. The van der Waals surface area contributed by atoms with Gasteiger partial charge in [0.1, 0.15) is 5.75 Å². The van der Waals surface area contributed by atoms with E-state index >= 15 is 0 Å². The third-order valence-electron chi connectivity index (χ3n) is 5.57. The van der Waals surface area contributed by atoms with Crippen LogP contribution in [0.2, 0.25) is 0 Å². The number of hydrogen-bond acceptors (Lipinski definition) is 2. The molecule has 2 nitrogen and oxygen atoms in total. The van der Waals surface area contributed by atoms with E-state index in [4.69, 9.17) is 4.74 Å². The zero-order valence-electron chi connectivity index (χ0n) is 14.8. The molecule has 2 aromatic rings. The zero-order valence-corrected chi connectivity index (χ0v) is 14.8. The number of anilines is 1. The fourth-order valence-corrected chi connectivity index (χ4v) is 4.15. The molecule has 0 N–H and O–H groups in total. The molecule has 0 aliphatic carbocycles. The van der Waals surface area contributed by atoms with Gasteiger partial charge in [0.25, 0.3) is 0 Å². The Labute approximate surface area is 144 Å². The average Bonchev–Trinajstić information content (AvgIpc) is 2.78. The largest absolute Gasteiger partial charge is 0.463 e. The van der Waals surface area contributed by atoms with Gasteiger partial charge in [0.15, 0.2) is 0 Å². The van der Waals surface area contributed by atoms with Gasteiger partial charge in [-0.1, -0.05) is 49.7 Å². The number of ether oxygens (including phenoxy) is 1. The summed E-state index contributed by atoms with van der Waals surface area (Å²) < 4.78 is 6.73. The minimum absolute atomic E-state index is 0.124. The summed E-state index contributed by atoms with van der Waals surface area (Å²) in [6.07, 6.45) is 6.83. The molecule has 2 aliphatic heterocycles. The van der Waals surface area contributed by atoms with Gasteiger partial charge >= 0.3 is 0 Å². The van der Waals surface area contributed by atoms with Crippen LogP contribution in [0.4, 0.5) is 5.69 Å². The molecule has 0 saturated carbocycles. The van der Waals surface area contributed by atoms with Crippen LogP contribution in [0.5, 0.6) is 5.75 Å². The first-order chi connectivity index (χ1) is 11.6. The van der Waals surface area contributed by atoms with Crippen molar-refractivity contribution in [3.63, 3.8) is 0 Å². The zero-order chi connectivity index (χ0) is 16.8. The minimum Gasteiger partial charge on any atom is -0.463 e. The van der Waals surface area contributed by atoms with Crippen LogP contribution in [0, 0.1) is 0 Å². The highest BCUT2D eigenvalue weighted by Gasteiger charge is 2.58. The van der Waals surface area contributed by atoms with E-state index in [-0.39, 0.29) is 5.41 Å². The molecule has 2 aromatic carbocycles. The van der Waals surface area contributed by atoms with E-state index < -0.39 is 5.72 Å². The highest BCUT2D eigenvalue weighted by atomic mass is 16.5. The number of rotatable bonds is 3. The van der Waals surface area contributed by atoms with Gasteiger partial charge in [0.2, 0.25) is 5.72 Å². The molecule has 0 amide bonds. The molecule has 24 heavy (non-hydrogen) atoms. The van der Waals surface area contributed by atoms with E-state index in [1.54, 1.807) is 0 Å². The highest BCUT2D eigenvalue weighted by molar-refractivity contribution is 5.72. The van der Waals surface area contributed by atoms with E-state index in [2.05, 4.69) is 86.4 Å². The molecule has 0 saturated heterocycles. The lowest BCUT2D eigenvalue weighted by molar-refractivity contribution is 0.0532. The first-order valence-electron chi connectivity index (χ1n) is 8.94. The van der Waals surface area contributed by atoms with Crippen molar-refractivity contribution in [1.82, 2.24) is 0 Å². The van der Waals surface area contributed by atoms with E-state index in [1.165, 1.54) is 17.7 Å². The number of unbranched alkanes of at least 4 members (excludes halogenated alkanes) is 1. The predicted octanol–water partition coefficient (Wildman–Crippen LogP) is 5.39. The number of fused-ring (bicyclic) bond motifs is 2. The molecular formula is C22H25NO. The molecule has 0 fully saturated rings. The fourth-order valence-electron chi connectivity index (χ4n) is 4.15. The van der Waals surface area contributed by atoms with Gasteiger partial charge < -0.3 is 9.64 Å². The van der Waals surface area contributed by atoms with Gasteiger partial charge in [-0.3, -0.25) is 0 Å². The Morgan fingerprint density at radius 2 is 1.75 bits per heavy atom. The van der Waals surface area contributed by atoms with Crippen LogP contribution in [0.1, 0.15) is 44.7 Å². The van der Waals surface area contributed by atoms with Gasteiger partial charge in [0, 0.05) is 17.8 Å². The van der Waals surface area contributed by atoms with Crippen LogP contribution in [0.25, 0.3) is 6.08 Å². The summed E-state index contributed by atoms with van der Waals surface area (Å²) in [6, 6.07) is 17.1. The number of benzene rings is 2. The van der Waals surface area contributed by atoms with Crippen molar-refractivity contribution in [2.24, 2.45) is 0 Å². The van der Waals surface area contributed by atoms with Crippen LogP contribution >= 0.6 is 0 Å². The van der Waals surface area contributed by atoms with Crippen molar-refractivity contribution in [1.29, 1.82) is 0 Å². The molecule has 1 spiro atoms. The second-order valence-corrected chi connectivity index (χ2v) is 7.32. The fraction of sp³-hybridized carbons (Fsp3) is 0.364. The number of nitrogens with zero attached hydrogens (tertiary/aromatic N) is 1. The van der Waals surface area contributed by atoms with Crippen molar-refractivity contribution >= 4 is 11.8 Å². The lowest BCUT2D eigenvalue weighted by Gasteiger charge is -2.47. The van der Waals surface area contributed by atoms with Crippen molar-refractivity contribution in [2.45, 2.75) is 44.8 Å². The highest BCUT2D eigenvalue weighted by Crippen LogP contribution is 2.54.